The van der Waals surface area contributed by atoms with Crippen molar-refractivity contribution < 1.29 is 23.5 Å². The van der Waals surface area contributed by atoms with Gasteiger partial charge in [0.25, 0.3) is 5.89 Å². The van der Waals surface area contributed by atoms with Crippen LogP contribution in [0.3, 0.4) is 0 Å². The molecule has 3 aromatic rings. The van der Waals surface area contributed by atoms with Gasteiger partial charge in [0.15, 0.2) is 6.61 Å². The van der Waals surface area contributed by atoms with Crippen molar-refractivity contribution in [3.8, 4) is 23.0 Å². The Bertz CT molecular complexity index is 930. The summed E-state index contributed by atoms with van der Waals surface area (Å²) < 4.78 is 20.8. The van der Waals surface area contributed by atoms with Crippen molar-refractivity contribution in [1.29, 1.82) is 0 Å². The average Bonchev–Trinajstić information content (AvgIpc) is 3.21. The maximum absolute atomic E-state index is 11.9. The van der Waals surface area contributed by atoms with Crippen molar-refractivity contribution in [2.24, 2.45) is 0 Å². The van der Waals surface area contributed by atoms with E-state index in [1.165, 1.54) is 6.08 Å². The quantitative estimate of drug-likeness (QED) is 0.433. The largest absolute Gasteiger partial charge is 0.497 e. The molecule has 0 atom stereocenters. The first-order chi connectivity index (χ1) is 13.7. The number of nitrogens with zero attached hydrogens (tertiary/aromatic N) is 2. The second-order valence-corrected chi connectivity index (χ2v) is 5.69. The van der Waals surface area contributed by atoms with E-state index in [9.17, 15) is 4.79 Å². The van der Waals surface area contributed by atoms with Gasteiger partial charge in [-0.25, -0.2) is 4.79 Å². The summed E-state index contributed by atoms with van der Waals surface area (Å²) in [5, 5.41) is 3.82. The van der Waals surface area contributed by atoms with Gasteiger partial charge in [0.05, 0.1) is 13.7 Å². The summed E-state index contributed by atoms with van der Waals surface area (Å²) in [6.45, 7) is 2.46. The minimum absolute atomic E-state index is 0.0773. The molecular formula is C21H20N2O5. The van der Waals surface area contributed by atoms with Crippen molar-refractivity contribution in [1.82, 2.24) is 10.1 Å². The number of methoxy groups -OCH3 is 1. The Morgan fingerprint density at radius 1 is 1.07 bits per heavy atom. The van der Waals surface area contributed by atoms with E-state index < -0.39 is 5.97 Å². The zero-order valence-electron chi connectivity index (χ0n) is 15.6. The topological polar surface area (TPSA) is 83.7 Å². The van der Waals surface area contributed by atoms with Crippen molar-refractivity contribution in [3.05, 3.63) is 66.0 Å². The lowest BCUT2D eigenvalue weighted by atomic mass is 10.2. The van der Waals surface area contributed by atoms with Crippen LogP contribution in [0, 0.1) is 0 Å². The molecular weight excluding hydrogens is 360 g/mol. The summed E-state index contributed by atoms with van der Waals surface area (Å²) in [5.41, 5.74) is 1.61. The van der Waals surface area contributed by atoms with Gasteiger partial charge in [0, 0.05) is 11.6 Å². The number of aromatic nitrogens is 2. The molecule has 2 aromatic carbocycles. The normalized spacial score (nSPS) is 10.8. The van der Waals surface area contributed by atoms with E-state index in [1.807, 2.05) is 43.3 Å². The molecule has 1 heterocycles. The second kappa shape index (κ2) is 9.36. The lowest BCUT2D eigenvalue weighted by Crippen LogP contribution is -2.02. The molecule has 1 aromatic heterocycles. The van der Waals surface area contributed by atoms with Gasteiger partial charge in [-0.1, -0.05) is 17.3 Å². The van der Waals surface area contributed by atoms with Crippen LogP contribution in [-0.2, 0) is 16.1 Å². The Morgan fingerprint density at radius 2 is 1.79 bits per heavy atom. The van der Waals surface area contributed by atoms with Crippen molar-refractivity contribution in [2.45, 2.75) is 13.5 Å². The molecule has 0 unspecified atom stereocenters. The fraction of sp³-hybridized carbons (Fsp3) is 0.190. The monoisotopic (exact) mass is 380 g/mol. The third-order valence-corrected chi connectivity index (χ3v) is 3.75. The molecule has 7 heteroatoms. The van der Waals surface area contributed by atoms with E-state index in [4.69, 9.17) is 18.7 Å². The minimum atomic E-state index is -0.496. The molecule has 0 aliphatic heterocycles. The number of hydrogen-bond acceptors (Lipinski definition) is 7. The summed E-state index contributed by atoms with van der Waals surface area (Å²) in [6, 6.07) is 14.6. The van der Waals surface area contributed by atoms with E-state index >= 15 is 0 Å². The van der Waals surface area contributed by atoms with Crippen LogP contribution in [0.5, 0.6) is 11.5 Å². The van der Waals surface area contributed by atoms with E-state index in [0.29, 0.717) is 12.5 Å². The SMILES string of the molecule is CCOc1ccc(C=CC(=O)OCc2noc(-c3ccc(OC)cc3)n2)cc1. The highest BCUT2D eigenvalue weighted by atomic mass is 16.5. The highest BCUT2D eigenvalue weighted by Crippen LogP contribution is 2.20. The fourth-order valence-electron chi connectivity index (χ4n) is 2.35. The van der Waals surface area contributed by atoms with Gasteiger partial charge < -0.3 is 18.7 Å². The van der Waals surface area contributed by atoms with Gasteiger partial charge in [-0.15, -0.1) is 0 Å². The number of esters is 1. The molecule has 0 saturated carbocycles. The van der Waals surface area contributed by atoms with Crippen LogP contribution >= 0.6 is 0 Å². The molecule has 0 bridgehead atoms. The fourth-order valence-corrected chi connectivity index (χ4v) is 2.35. The first-order valence-corrected chi connectivity index (χ1v) is 8.72. The lowest BCUT2D eigenvalue weighted by molar-refractivity contribution is -0.139. The van der Waals surface area contributed by atoms with Crippen LogP contribution in [0.25, 0.3) is 17.5 Å². The summed E-state index contributed by atoms with van der Waals surface area (Å²) in [5.74, 6) is 1.65. The van der Waals surface area contributed by atoms with Crippen molar-refractivity contribution in [3.63, 3.8) is 0 Å². The second-order valence-electron chi connectivity index (χ2n) is 5.69. The first-order valence-electron chi connectivity index (χ1n) is 8.72. The van der Waals surface area contributed by atoms with E-state index in [2.05, 4.69) is 10.1 Å². The number of hydrogen-bond donors (Lipinski definition) is 0. The first kappa shape index (κ1) is 19.2. The third-order valence-electron chi connectivity index (χ3n) is 3.75. The Labute approximate surface area is 162 Å². The summed E-state index contributed by atoms with van der Waals surface area (Å²) >= 11 is 0. The number of carbonyl (C=O) groups excluding carboxylic acids is 1. The molecule has 144 valence electrons. The molecule has 0 N–H and O–H groups in total. The summed E-state index contributed by atoms with van der Waals surface area (Å²) in [7, 11) is 1.60. The highest BCUT2D eigenvalue weighted by molar-refractivity contribution is 5.87. The van der Waals surface area contributed by atoms with Crippen LogP contribution in [0.2, 0.25) is 0 Å². The van der Waals surface area contributed by atoms with Crippen LogP contribution in [0.1, 0.15) is 18.3 Å². The summed E-state index contributed by atoms with van der Waals surface area (Å²) in [6.07, 6.45) is 3.01. The van der Waals surface area contributed by atoms with E-state index in [1.54, 1.807) is 25.3 Å². The number of rotatable bonds is 8. The van der Waals surface area contributed by atoms with Crippen LogP contribution in [0.4, 0.5) is 0 Å². The minimum Gasteiger partial charge on any atom is -0.497 e. The zero-order chi connectivity index (χ0) is 19.8. The maximum atomic E-state index is 11.9. The molecule has 0 amide bonds. The molecule has 0 spiro atoms. The molecule has 0 aliphatic rings. The Hall–Kier alpha value is -3.61. The van der Waals surface area contributed by atoms with Gasteiger partial charge in [0.1, 0.15) is 11.5 Å². The number of ether oxygens (including phenoxy) is 3. The van der Waals surface area contributed by atoms with Gasteiger partial charge in [-0.3, -0.25) is 0 Å². The van der Waals surface area contributed by atoms with Gasteiger partial charge in [-0.2, -0.15) is 4.98 Å². The van der Waals surface area contributed by atoms with Crippen LogP contribution < -0.4 is 9.47 Å². The van der Waals surface area contributed by atoms with Crippen LogP contribution in [-0.4, -0.2) is 29.8 Å². The molecule has 0 saturated heterocycles. The lowest BCUT2D eigenvalue weighted by Gasteiger charge is -2.02. The Morgan fingerprint density at radius 3 is 2.46 bits per heavy atom. The van der Waals surface area contributed by atoms with E-state index in [-0.39, 0.29) is 12.4 Å². The van der Waals surface area contributed by atoms with Gasteiger partial charge in [0.2, 0.25) is 5.82 Å². The van der Waals surface area contributed by atoms with Crippen molar-refractivity contribution >= 4 is 12.0 Å². The number of benzene rings is 2. The third kappa shape index (κ3) is 5.20. The molecule has 0 radical (unpaired) electrons. The molecule has 0 aliphatic carbocycles. The predicted molar refractivity (Wildman–Crippen MR) is 103 cm³/mol. The molecule has 3 rings (SSSR count). The van der Waals surface area contributed by atoms with Crippen molar-refractivity contribution in [2.75, 3.05) is 13.7 Å². The Kier molecular flexibility index (Phi) is 6.41. The smallest absolute Gasteiger partial charge is 0.331 e. The van der Waals surface area contributed by atoms with Crippen LogP contribution in [0.15, 0.2) is 59.1 Å². The number of carbonyl (C=O) groups is 1. The van der Waals surface area contributed by atoms with Gasteiger partial charge >= 0.3 is 5.97 Å². The molecule has 7 nitrogen and oxygen atoms in total. The maximum Gasteiger partial charge on any atom is 0.331 e. The average molecular weight is 380 g/mol. The molecule has 28 heavy (non-hydrogen) atoms. The predicted octanol–water partition coefficient (Wildman–Crippen LogP) is 3.90. The molecule has 0 fully saturated rings. The standard InChI is InChI=1S/C21H20N2O5/c1-3-26-18-9-4-15(5-10-18)6-13-20(24)27-14-19-22-21(28-23-19)16-7-11-17(25-2)12-8-16/h4-13H,3,14H2,1-2H3. The highest BCUT2D eigenvalue weighted by Gasteiger charge is 2.10. The Balaban J connectivity index is 1.52. The summed E-state index contributed by atoms with van der Waals surface area (Å²) in [4.78, 5) is 16.1. The van der Waals surface area contributed by atoms with Gasteiger partial charge in [-0.05, 0) is 55.0 Å². The zero-order valence-corrected chi connectivity index (χ0v) is 15.6. The van der Waals surface area contributed by atoms with E-state index in [0.717, 1.165) is 22.6 Å².